The maximum Gasteiger partial charge on any atom is 0.456 e. The number of nitrogens with zero attached hydrogens (tertiary/aromatic N) is 5. The second-order valence-electron chi connectivity index (χ2n) is 5.92. The molecule has 0 aromatic carbocycles. The molecule has 15 heteroatoms. The maximum atomic E-state index is 13.0. The van der Waals surface area contributed by atoms with E-state index in [9.17, 15) is 30.4 Å². The van der Waals surface area contributed by atoms with E-state index in [1.165, 1.54) is 19.2 Å². The Morgan fingerprint density at radius 1 is 1.13 bits per heavy atom. The number of rotatable bonds is 6. The molecule has 0 bridgehead atoms. The molecule has 2 N–H and O–H groups in total. The molecule has 0 aliphatic heterocycles. The fourth-order valence-electron chi connectivity index (χ4n) is 2.29. The predicted octanol–water partition coefficient (Wildman–Crippen LogP) is 2.14. The Hall–Kier alpha value is -3.10. The number of anilines is 1. The minimum absolute atomic E-state index is 0.0357. The Labute approximate surface area is 165 Å². The Morgan fingerprint density at radius 3 is 2.40 bits per heavy atom. The van der Waals surface area contributed by atoms with Crippen molar-refractivity contribution >= 4 is 21.3 Å². The van der Waals surface area contributed by atoms with Gasteiger partial charge in [-0.05, 0) is 6.07 Å². The standard InChI is InChI=1S/C15H13F5N6O3S/c1-2-30(27,28)13-11(12-22-4-3-9(21)26(12)25-13)8-5-24-10(6-23-8)29-7-14(16,17)15(18,19)20/h3-6H,2,7,21H2,1H3. The van der Waals surface area contributed by atoms with Gasteiger partial charge in [-0.2, -0.15) is 31.6 Å². The monoisotopic (exact) mass is 452 g/mol. The number of fused-ring (bicyclic) bond motifs is 1. The van der Waals surface area contributed by atoms with Crippen LogP contribution in [0.1, 0.15) is 6.92 Å². The van der Waals surface area contributed by atoms with Gasteiger partial charge in [-0.3, -0.25) is 0 Å². The van der Waals surface area contributed by atoms with Gasteiger partial charge in [-0.25, -0.2) is 23.4 Å². The Bertz CT molecular complexity index is 1180. The highest BCUT2D eigenvalue weighted by molar-refractivity contribution is 7.91. The zero-order valence-corrected chi connectivity index (χ0v) is 15.9. The minimum atomic E-state index is -5.79. The van der Waals surface area contributed by atoms with Crippen LogP contribution >= 0.6 is 0 Å². The molecule has 3 heterocycles. The van der Waals surface area contributed by atoms with Gasteiger partial charge in [0, 0.05) is 6.20 Å². The summed E-state index contributed by atoms with van der Waals surface area (Å²) < 4.78 is 92.9. The minimum Gasteiger partial charge on any atom is -0.470 e. The van der Waals surface area contributed by atoms with Gasteiger partial charge in [0.15, 0.2) is 27.1 Å². The van der Waals surface area contributed by atoms with E-state index in [2.05, 4.69) is 24.8 Å². The summed E-state index contributed by atoms with van der Waals surface area (Å²) in [5, 5.41) is 3.58. The zero-order valence-electron chi connectivity index (χ0n) is 15.1. The first-order chi connectivity index (χ1) is 13.9. The van der Waals surface area contributed by atoms with Gasteiger partial charge in [0.2, 0.25) is 5.88 Å². The molecule has 30 heavy (non-hydrogen) atoms. The molecule has 0 saturated heterocycles. The molecule has 0 atom stereocenters. The van der Waals surface area contributed by atoms with Gasteiger partial charge >= 0.3 is 12.1 Å². The quantitative estimate of drug-likeness (QED) is 0.564. The first-order valence-electron chi connectivity index (χ1n) is 8.13. The van der Waals surface area contributed by atoms with E-state index in [0.29, 0.717) is 0 Å². The van der Waals surface area contributed by atoms with Crippen LogP contribution in [0.3, 0.4) is 0 Å². The number of sulfone groups is 1. The number of alkyl halides is 5. The predicted molar refractivity (Wildman–Crippen MR) is 92.6 cm³/mol. The topological polar surface area (TPSA) is 125 Å². The highest BCUT2D eigenvalue weighted by Gasteiger charge is 2.58. The molecule has 0 fully saturated rings. The van der Waals surface area contributed by atoms with Gasteiger partial charge < -0.3 is 10.5 Å². The fraction of sp³-hybridized carbons (Fsp3) is 0.333. The van der Waals surface area contributed by atoms with Crippen LogP contribution in [0.5, 0.6) is 5.88 Å². The molecule has 0 radical (unpaired) electrons. The van der Waals surface area contributed by atoms with Crippen molar-refractivity contribution in [3.63, 3.8) is 0 Å². The number of nitrogens with two attached hydrogens (primary N) is 1. The van der Waals surface area contributed by atoms with Crippen LogP contribution in [0.2, 0.25) is 0 Å². The average Bonchev–Trinajstić information content (AvgIpc) is 3.08. The smallest absolute Gasteiger partial charge is 0.456 e. The molecule has 0 unspecified atom stereocenters. The van der Waals surface area contributed by atoms with Crippen molar-refractivity contribution in [3.05, 3.63) is 24.7 Å². The number of halogens is 5. The van der Waals surface area contributed by atoms with Gasteiger partial charge in [0.1, 0.15) is 5.82 Å². The molecular weight excluding hydrogens is 439 g/mol. The highest BCUT2D eigenvalue weighted by Crippen LogP contribution is 2.36. The summed E-state index contributed by atoms with van der Waals surface area (Å²) in [6.07, 6.45) is -2.76. The first kappa shape index (κ1) is 21.6. The average molecular weight is 452 g/mol. The number of aromatic nitrogens is 5. The van der Waals surface area contributed by atoms with Crippen molar-refractivity contribution < 1.29 is 35.1 Å². The van der Waals surface area contributed by atoms with Gasteiger partial charge in [0.05, 0.1) is 29.4 Å². The third kappa shape index (κ3) is 3.83. The van der Waals surface area contributed by atoms with E-state index in [-0.39, 0.29) is 33.5 Å². The summed E-state index contributed by atoms with van der Waals surface area (Å²) in [6.45, 7) is -0.599. The molecule has 0 spiro atoms. The first-order valence-corrected chi connectivity index (χ1v) is 9.78. The lowest BCUT2D eigenvalue weighted by Crippen LogP contribution is -2.41. The van der Waals surface area contributed by atoms with Crippen molar-refractivity contribution in [2.24, 2.45) is 0 Å². The van der Waals surface area contributed by atoms with Gasteiger partial charge in [-0.15, -0.1) is 0 Å². The summed E-state index contributed by atoms with van der Waals surface area (Å²) in [5.41, 5.74) is 5.69. The molecule has 0 amide bonds. The summed E-state index contributed by atoms with van der Waals surface area (Å²) in [5.74, 6) is -5.92. The van der Waals surface area contributed by atoms with Crippen LogP contribution in [-0.2, 0) is 9.84 Å². The van der Waals surface area contributed by atoms with Crippen molar-refractivity contribution in [2.45, 2.75) is 24.0 Å². The second kappa shape index (κ2) is 7.30. The van der Waals surface area contributed by atoms with Crippen LogP contribution in [0.25, 0.3) is 16.9 Å². The third-order valence-corrected chi connectivity index (χ3v) is 5.53. The van der Waals surface area contributed by atoms with Crippen LogP contribution in [-0.4, -0.2) is 57.4 Å². The van der Waals surface area contributed by atoms with E-state index in [0.717, 1.165) is 16.9 Å². The molecule has 0 aliphatic carbocycles. The molecule has 162 valence electrons. The SMILES string of the molecule is CCS(=O)(=O)c1nn2c(N)ccnc2c1-c1cnc(OCC(F)(F)C(F)(F)F)cn1. The number of hydrogen-bond donors (Lipinski definition) is 1. The number of hydrogen-bond acceptors (Lipinski definition) is 8. The molecule has 3 aromatic rings. The van der Waals surface area contributed by atoms with Gasteiger partial charge in [0.25, 0.3) is 0 Å². The van der Waals surface area contributed by atoms with Gasteiger partial charge in [-0.1, -0.05) is 6.92 Å². The fourth-order valence-corrected chi connectivity index (χ4v) is 3.27. The summed E-state index contributed by atoms with van der Waals surface area (Å²) >= 11 is 0. The molecule has 9 nitrogen and oxygen atoms in total. The Kier molecular flexibility index (Phi) is 5.26. The summed E-state index contributed by atoms with van der Waals surface area (Å²) in [4.78, 5) is 11.5. The molecule has 3 aromatic heterocycles. The van der Waals surface area contributed by atoms with Crippen LogP contribution in [0.4, 0.5) is 27.8 Å². The third-order valence-electron chi connectivity index (χ3n) is 3.89. The number of nitrogen functional groups attached to an aromatic ring is 1. The lowest BCUT2D eigenvalue weighted by atomic mass is 10.2. The molecule has 0 aliphatic rings. The Balaban J connectivity index is 2.01. The second-order valence-corrected chi connectivity index (χ2v) is 8.11. The maximum absolute atomic E-state index is 13.0. The Morgan fingerprint density at radius 2 is 1.83 bits per heavy atom. The normalized spacial score (nSPS) is 13.0. The van der Waals surface area contributed by atoms with Crippen molar-refractivity contribution in [1.29, 1.82) is 0 Å². The summed E-state index contributed by atoms with van der Waals surface area (Å²) in [7, 11) is -3.86. The summed E-state index contributed by atoms with van der Waals surface area (Å²) in [6, 6.07) is 1.38. The van der Waals surface area contributed by atoms with E-state index >= 15 is 0 Å². The van der Waals surface area contributed by atoms with Crippen molar-refractivity contribution in [2.75, 3.05) is 18.1 Å². The van der Waals surface area contributed by atoms with Crippen molar-refractivity contribution in [1.82, 2.24) is 24.6 Å². The molecular formula is C15H13F5N6O3S. The van der Waals surface area contributed by atoms with E-state index in [1.54, 1.807) is 0 Å². The van der Waals surface area contributed by atoms with Crippen molar-refractivity contribution in [3.8, 4) is 17.1 Å². The van der Waals surface area contributed by atoms with E-state index < -0.39 is 34.4 Å². The largest absolute Gasteiger partial charge is 0.470 e. The van der Waals surface area contributed by atoms with E-state index in [4.69, 9.17) is 5.73 Å². The lowest BCUT2D eigenvalue weighted by molar-refractivity contribution is -0.290. The highest BCUT2D eigenvalue weighted by atomic mass is 32.2. The van der Waals surface area contributed by atoms with Crippen LogP contribution in [0.15, 0.2) is 29.7 Å². The lowest BCUT2D eigenvalue weighted by Gasteiger charge is -2.19. The molecule has 3 rings (SSSR count). The zero-order chi connectivity index (χ0) is 22.3. The molecule has 0 saturated carbocycles. The van der Waals surface area contributed by atoms with E-state index in [1.807, 2.05) is 0 Å². The van der Waals surface area contributed by atoms with Crippen LogP contribution in [0, 0.1) is 0 Å². The number of ether oxygens (including phenoxy) is 1. The van der Waals surface area contributed by atoms with Crippen LogP contribution < -0.4 is 10.5 Å².